The number of phenolic OH excluding ortho intramolecular Hbond substituents is 2. The molecule has 6 nitrogen and oxygen atoms in total. The lowest BCUT2D eigenvalue weighted by Gasteiger charge is -2.11. The van der Waals surface area contributed by atoms with Gasteiger partial charge in [0.15, 0.2) is 6.61 Å². The molecule has 0 aliphatic heterocycles. The predicted molar refractivity (Wildman–Crippen MR) is 102 cm³/mol. The van der Waals surface area contributed by atoms with Crippen molar-refractivity contribution in [3.63, 3.8) is 0 Å². The van der Waals surface area contributed by atoms with Crippen molar-refractivity contribution >= 4 is 28.3 Å². The number of rotatable bonds is 4. The summed E-state index contributed by atoms with van der Waals surface area (Å²) < 4.78 is 4.99. The quantitative estimate of drug-likeness (QED) is 0.484. The first kappa shape index (κ1) is 18.3. The van der Waals surface area contributed by atoms with Crippen molar-refractivity contribution in [3.8, 4) is 11.5 Å². The van der Waals surface area contributed by atoms with E-state index in [0.29, 0.717) is 16.5 Å². The van der Waals surface area contributed by atoms with Crippen molar-refractivity contribution < 1.29 is 24.5 Å². The first-order valence-electron chi connectivity index (χ1n) is 8.34. The molecule has 0 bridgehead atoms. The fourth-order valence-corrected chi connectivity index (χ4v) is 2.85. The third-order valence-corrected chi connectivity index (χ3v) is 4.20. The molecule has 138 valence electrons. The van der Waals surface area contributed by atoms with Crippen LogP contribution in [0.5, 0.6) is 11.5 Å². The van der Waals surface area contributed by atoms with Crippen molar-refractivity contribution in [1.82, 2.24) is 0 Å². The smallest absolute Gasteiger partial charge is 0.342 e. The molecular weight excluding hydrogens is 346 g/mol. The molecule has 0 atom stereocenters. The molecule has 0 saturated carbocycles. The molecule has 3 N–H and O–H groups in total. The van der Waals surface area contributed by atoms with E-state index in [9.17, 15) is 19.8 Å². The minimum Gasteiger partial charge on any atom is -0.507 e. The number of anilines is 1. The van der Waals surface area contributed by atoms with Crippen LogP contribution in [0.25, 0.3) is 10.8 Å². The van der Waals surface area contributed by atoms with Crippen LogP contribution in [0.1, 0.15) is 21.5 Å². The van der Waals surface area contributed by atoms with Crippen molar-refractivity contribution in [1.29, 1.82) is 0 Å². The van der Waals surface area contributed by atoms with Gasteiger partial charge in [0.05, 0.1) is 0 Å². The van der Waals surface area contributed by atoms with Gasteiger partial charge in [0.1, 0.15) is 17.1 Å². The van der Waals surface area contributed by atoms with E-state index in [1.165, 1.54) is 0 Å². The van der Waals surface area contributed by atoms with Gasteiger partial charge in [0.25, 0.3) is 5.91 Å². The number of carbonyl (C=O) groups excluding carboxylic acids is 2. The Kier molecular flexibility index (Phi) is 4.98. The second-order valence-electron chi connectivity index (χ2n) is 6.28. The summed E-state index contributed by atoms with van der Waals surface area (Å²) in [6.07, 6.45) is 0. The highest BCUT2D eigenvalue weighted by molar-refractivity contribution is 6.04. The number of amides is 1. The van der Waals surface area contributed by atoms with Gasteiger partial charge in [0, 0.05) is 16.5 Å². The van der Waals surface area contributed by atoms with E-state index in [0.717, 1.165) is 17.2 Å². The fourth-order valence-electron chi connectivity index (χ4n) is 2.85. The number of aromatic hydroxyl groups is 2. The van der Waals surface area contributed by atoms with Gasteiger partial charge in [-0.25, -0.2) is 4.79 Å². The normalized spacial score (nSPS) is 10.6. The lowest BCUT2D eigenvalue weighted by atomic mass is 10.0. The SMILES string of the molecule is Cc1ccc(NC(=O)COC(=O)c2cc(O)c3ccccc3c2O)c(C)c1. The zero-order valence-corrected chi connectivity index (χ0v) is 14.9. The Hall–Kier alpha value is -3.54. The molecule has 27 heavy (non-hydrogen) atoms. The second-order valence-corrected chi connectivity index (χ2v) is 6.28. The second kappa shape index (κ2) is 7.37. The molecule has 0 unspecified atom stereocenters. The molecule has 6 heteroatoms. The topological polar surface area (TPSA) is 95.9 Å². The molecule has 0 spiro atoms. The van der Waals surface area contributed by atoms with Crippen LogP contribution in [0.4, 0.5) is 5.69 Å². The Morgan fingerprint density at radius 2 is 1.70 bits per heavy atom. The lowest BCUT2D eigenvalue weighted by Crippen LogP contribution is -2.21. The molecular formula is C21H19NO5. The van der Waals surface area contributed by atoms with Crippen LogP contribution < -0.4 is 5.32 Å². The number of ether oxygens (including phenoxy) is 1. The molecule has 0 aromatic heterocycles. The van der Waals surface area contributed by atoms with Gasteiger partial charge in [-0.2, -0.15) is 0 Å². The Morgan fingerprint density at radius 1 is 1.00 bits per heavy atom. The highest BCUT2D eigenvalue weighted by Gasteiger charge is 2.19. The van der Waals surface area contributed by atoms with Gasteiger partial charge >= 0.3 is 5.97 Å². The van der Waals surface area contributed by atoms with Gasteiger partial charge in [0.2, 0.25) is 0 Å². The van der Waals surface area contributed by atoms with E-state index in [2.05, 4.69) is 5.32 Å². The van der Waals surface area contributed by atoms with Crippen LogP contribution in [0, 0.1) is 13.8 Å². The van der Waals surface area contributed by atoms with Crippen molar-refractivity contribution in [2.24, 2.45) is 0 Å². The average Bonchev–Trinajstić information content (AvgIpc) is 2.65. The molecule has 0 saturated heterocycles. The number of hydrogen-bond acceptors (Lipinski definition) is 5. The van der Waals surface area contributed by atoms with Crippen molar-refractivity contribution in [2.75, 3.05) is 11.9 Å². The Labute approximate surface area is 156 Å². The average molecular weight is 365 g/mol. The summed E-state index contributed by atoms with van der Waals surface area (Å²) in [6.45, 7) is 3.30. The van der Waals surface area contributed by atoms with Crippen LogP contribution in [0.2, 0.25) is 0 Å². The Bertz CT molecular complexity index is 1040. The summed E-state index contributed by atoms with van der Waals surface area (Å²) in [5.74, 6) is -1.86. The van der Waals surface area contributed by atoms with Crippen LogP contribution in [-0.4, -0.2) is 28.7 Å². The van der Waals surface area contributed by atoms with E-state index in [1.807, 2.05) is 26.0 Å². The first-order chi connectivity index (χ1) is 12.9. The molecule has 0 fully saturated rings. The molecule has 0 radical (unpaired) electrons. The van der Waals surface area contributed by atoms with Gasteiger partial charge in [-0.3, -0.25) is 4.79 Å². The van der Waals surface area contributed by atoms with Gasteiger partial charge in [-0.15, -0.1) is 0 Å². The highest BCUT2D eigenvalue weighted by atomic mass is 16.5. The zero-order valence-electron chi connectivity index (χ0n) is 14.9. The van der Waals surface area contributed by atoms with Crippen molar-refractivity contribution in [2.45, 2.75) is 13.8 Å². The molecule has 0 aliphatic rings. The zero-order chi connectivity index (χ0) is 19.6. The minimum absolute atomic E-state index is 0.157. The summed E-state index contributed by atoms with van der Waals surface area (Å²) in [5, 5.41) is 23.8. The molecule has 1 amide bonds. The van der Waals surface area contributed by atoms with E-state index < -0.39 is 18.5 Å². The van der Waals surface area contributed by atoms with E-state index >= 15 is 0 Å². The lowest BCUT2D eigenvalue weighted by molar-refractivity contribution is -0.119. The van der Waals surface area contributed by atoms with E-state index in [-0.39, 0.29) is 17.1 Å². The molecule has 3 aromatic carbocycles. The molecule has 3 rings (SSSR count). The first-order valence-corrected chi connectivity index (χ1v) is 8.34. The van der Waals surface area contributed by atoms with Gasteiger partial charge in [-0.1, -0.05) is 42.0 Å². The number of carbonyl (C=O) groups is 2. The number of benzene rings is 3. The number of esters is 1. The summed E-state index contributed by atoms with van der Waals surface area (Å²) in [5.41, 5.74) is 2.40. The summed E-state index contributed by atoms with van der Waals surface area (Å²) in [7, 11) is 0. The predicted octanol–water partition coefficient (Wildman–Crippen LogP) is 3.66. The summed E-state index contributed by atoms with van der Waals surface area (Å²) in [6, 6.07) is 13.3. The third kappa shape index (κ3) is 3.84. The van der Waals surface area contributed by atoms with Crippen LogP contribution >= 0.6 is 0 Å². The van der Waals surface area contributed by atoms with Crippen LogP contribution in [0.15, 0.2) is 48.5 Å². The standard InChI is InChI=1S/C21H19NO5/c1-12-7-8-17(13(2)9-12)22-19(24)11-27-21(26)16-10-18(23)14-5-3-4-6-15(14)20(16)25/h3-10,23,25H,11H2,1-2H3,(H,22,24). The van der Waals surface area contributed by atoms with Crippen LogP contribution in [-0.2, 0) is 9.53 Å². The van der Waals surface area contributed by atoms with Crippen molar-refractivity contribution in [3.05, 3.63) is 65.2 Å². The molecule has 0 aliphatic carbocycles. The fraction of sp³-hybridized carbons (Fsp3) is 0.143. The largest absolute Gasteiger partial charge is 0.507 e. The number of fused-ring (bicyclic) bond motifs is 1. The summed E-state index contributed by atoms with van der Waals surface area (Å²) >= 11 is 0. The number of aryl methyl sites for hydroxylation is 2. The van der Waals surface area contributed by atoms with Gasteiger partial charge in [-0.05, 0) is 31.5 Å². The van der Waals surface area contributed by atoms with Crippen LogP contribution in [0.3, 0.4) is 0 Å². The maximum absolute atomic E-state index is 12.3. The third-order valence-electron chi connectivity index (χ3n) is 4.20. The van der Waals surface area contributed by atoms with E-state index in [4.69, 9.17) is 4.74 Å². The van der Waals surface area contributed by atoms with E-state index in [1.54, 1.807) is 30.3 Å². The maximum Gasteiger partial charge on any atom is 0.342 e. The molecule has 0 heterocycles. The van der Waals surface area contributed by atoms with Gasteiger partial charge < -0.3 is 20.3 Å². The number of hydrogen-bond donors (Lipinski definition) is 3. The summed E-state index contributed by atoms with van der Waals surface area (Å²) in [4.78, 5) is 24.3. The Morgan fingerprint density at radius 3 is 2.41 bits per heavy atom. The maximum atomic E-state index is 12.3. The molecule has 3 aromatic rings. The minimum atomic E-state index is -0.899. The Balaban J connectivity index is 1.71. The highest BCUT2D eigenvalue weighted by Crippen LogP contribution is 2.35. The number of nitrogens with one attached hydrogen (secondary N) is 1. The number of phenols is 2. The monoisotopic (exact) mass is 365 g/mol.